The molecule has 0 aliphatic carbocycles. The Bertz CT molecular complexity index is 722. The molecule has 1 amide bonds. The van der Waals surface area contributed by atoms with Crippen LogP contribution in [0.5, 0.6) is 0 Å². The Labute approximate surface area is 140 Å². The van der Waals surface area contributed by atoms with E-state index in [1.54, 1.807) is 12.3 Å². The summed E-state index contributed by atoms with van der Waals surface area (Å²) in [6.45, 7) is 6.61. The van der Waals surface area contributed by atoms with Crippen LogP contribution >= 0.6 is 0 Å². The molecule has 1 aliphatic rings. The van der Waals surface area contributed by atoms with Gasteiger partial charge in [0, 0.05) is 32.4 Å². The zero-order chi connectivity index (χ0) is 17.3. The predicted octanol–water partition coefficient (Wildman–Crippen LogP) is 0.890. The molecule has 3 heterocycles. The third-order valence-electron chi connectivity index (χ3n) is 4.27. The molecule has 7 nitrogen and oxygen atoms in total. The van der Waals surface area contributed by atoms with Gasteiger partial charge in [0.05, 0.1) is 12.2 Å². The Kier molecular flexibility index (Phi) is 4.66. The van der Waals surface area contributed by atoms with E-state index in [0.29, 0.717) is 44.3 Å². The lowest BCUT2D eigenvalue weighted by molar-refractivity contribution is -0.133. The number of carbonyl (C=O) groups excluding carboxylic acids is 1. The van der Waals surface area contributed by atoms with Crippen LogP contribution in [0.15, 0.2) is 18.5 Å². The number of hydrogen-bond donors (Lipinski definition) is 1. The highest BCUT2D eigenvalue weighted by Crippen LogP contribution is 2.17. The van der Waals surface area contributed by atoms with E-state index in [9.17, 15) is 9.18 Å². The molecular weight excluding hydrogens is 311 g/mol. The van der Waals surface area contributed by atoms with Crippen molar-refractivity contribution in [2.75, 3.05) is 31.1 Å². The second-order valence-electron chi connectivity index (χ2n) is 6.59. The summed E-state index contributed by atoms with van der Waals surface area (Å²) in [5.74, 6) is 0.658. The first-order valence-electron chi connectivity index (χ1n) is 8.25. The van der Waals surface area contributed by atoms with E-state index in [4.69, 9.17) is 5.73 Å². The Hall–Kier alpha value is -2.22. The van der Waals surface area contributed by atoms with Crippen LogP contribution in [0.2, 0.25) is 0 Å². The van der Waals surface area contributed by atoms with Crippen LogP contribution in [0, 0.1) is 11.7 Å². The smallest absolute Gasteiger partial charge is 0.239 e. The SMILES string of the molecule is CC(C)CC(N)C(=O)N1CCN(c2ccn3ncc(F)c3n2)CC1. The van der Waals surface area contributed by atoms with Gasteiger partial charge >= 0.3 is 0 Å². The van der Waals surface area contributed by atoms with Gasteiger partial charge in [0.2, 0.25) is 5.91 Å². The van der Waals surface area contributed by atoms with Gasteiger partial charge in [0.15, 0.2) is 11.5 Å². The standard InChI is InChI=1S/C16H23FN6O/c1-11(2)9-13(18)16(24)22-7-5-21(6-8-22)14-3-4-23-15(20-14)12(17)10-19-23/h3-4,10-11,13H,5-9,18H2,1-2H3. The van der Waals surface area contributed by atoms with Gasteiger partial charge in [-0.25, -0.2) is 13.9 Å². The van der Waals surface area contributed by atoms with Crippen molar-refractivity contribution < 1.29 is 9.18 Å². The molecule has 1 saturated heterocycles. The van der Waals surface area contributed by atoms with Crippen LogP contribution in [0.1, 0.15) is 20.3 Å². The lowest BCUT2D eigenvalue weighted by Gasteiger charge is -2.36. The molecule has 1 fully saturated rings. The molecular formula is C16H23FN6O. The maximum absolute atomic E-state index is 13.6. The molecule has 8 heteroatoms. The summed E-state index contributed by atoms with van der Waals surface area (Å²) < 4.78 is 15.0. The summed E-state index contributed by atoms with van der Waals surface area (Å²) in [5, 5.41) is 3.88. The molecule has 0 radical (unpaired) electrons. The van der Waals surface area contributed by atoms with Crippen LogP contribution in [-0.4, -0.2) is 57.6 Å². The van der Waals surface area contributed by atoms with Gasteiger partial charge in [0.1, 0.15) is 5.82 Å². The maximum Gasteiger partial charge on any atom is 0.239 e. The minimum Gasteiger partial charge on any atom is -0.353 e. The average molecular weight is 334 g/mol. The first-order chi connectivity index (χ1) is 11.5. The predicted molar refractivity (Wildman–Crippen MR) is 89.2 cm³/mol. The second kappa shape index (κ2) is 6.72. The summed E-state index contributed by atoms with van der Waals surface area (Å²) in [6, 6.07) is 1.37. The number of halogens is 1. The summed E-state index contributed by atoms with van der Waals surface area (Å²) in [4.78, 5) is 20.5. The Morgan fingerprint density at radius 3 is 2.71 bits per heavy atom. The minimum atomic E-state index is -0.440. The lowest BCUT2D eigenvalue weighted by atomic mass is 10.0. The van der Waals surface area contributed by atoms with E-state index in [1.165, 1.54) is 4.52 Å². The van der Waals surface area contributed by atoms with Crippen molar-refractivity contribution in [3.8, 4) is 0 Å². The van der Waals surface area contributed by atoms with Gasteiger partial charge in [-0.1, -0.05) is 13.8 Å². The monoisotopic (exact) mass is 334 g/mol. The van der Waals surface area contributed by atoms with Gasteiger partial charge in [0.25, 0.3) is 0 Å². The number of rotatable bonds is 4. The maximum atomic E-state index is 13.6. The van der Waals surface area contributed by atoms with Crippen LogP contribution in [0.4, 0.5) is 10.2 Å². The number of nitrogens with zero attached hydrogens (tertiary/aromatic N) is 5. The normalized spacial score (nSPS) is 16.9. The Balaban J connectivity index is 1.63. The number of anilines is 1. The highest BCUT2D eigenvalue weighted by molar-refractivity contribution is 5.81. The number of carbonyl (C=O) groups is 1. The summed E-state index contributed by atoms with van der Waals surface area (Å²) in [6.07, 6.45) is 3.54. The first-order valence-corrected chi connectivity index (χ1v) is 8.25. The highest BCUT2D eigenvalue weighted by atomic mass is 19.1. The van der Waals surface area contributed by atoms with Crippen LogP contribution in [0.3, 0.4) is 0 Å². The molecule has 130 valence electrons. The van der Waals surface area contributed by atoms with Crippen molar-refractivity contribution >= 4 is 17.4 Å². The second-order valence-corrected chi connectivity index (χ2v) is 6.59. The van der Waals surface area contributed by atoms with Crippen molar-refractivity contribution in [2.45, 2.75) is 26.3 Å². The molecule has 24 heavy (non-hydrogen) atoms. The Morgan fingerprint density at radius 2 is 2.04 bits per heavy atom. The fraction of sp³-hybridized carbons (Fsp3) is 0.562. The Morgan fingerprint density at radius 1 is 1.33 bits per heavy atom. The third-order valence-corrected chi connectivity index (χ3v) is 4.27. The molecule has 0 spiro atoms. The van der Waals surface area contributed by atoms with Gasteiger partial charge in [-0.05, 0) is 18.4 Å². The van der Waals surface area contributed by atoms with Gasteiger partial charge < -0.3 is 15.5 Å². The summed E-state index contributed by atoms with van der Waals surface area (Å²) in [7, 11) is 0. The van der Waals surface area contributed by atoms with Crippen LogP contribution in [0.25, 0.3) is 5.65 Å². The number of fused-ring (bicyclic) bond motifs is 1. The molecule has 0 aromatic carbocycles. The van der Waals surface area contributed by atoms with Crippen LogP contribution < -0.4 is 10.6 Å². The molecule has 1 aliphatic heterocycles. The average Bonchev–Trinajstić information content (AvgIpc) is 2.94. The lowest BCUT2D eigenvalue weighted by Crippen LogP contribution is -2.53. The number of hydrogen-bond acceptors (Lipinski definition) is 5. The molecule has 3 rings (SSSR count). The first kappa shape index (κ1) is 16.6. The molecule has 1 unspecified atom stereocenters. The van der Waals surface area contributed by atoms with Gasteiger partial charge in [-0.15, -0.1) is 0 Å². The van der Waals surface area contributed by atoms with Crippen molar-refractivity contribution in [3.05, 3.63) is 24.3 Å². The summed E-state index contributed by atoms with van der Waals surface area (Å²) in [5.41, 5.74) is 6.21. The third kappa shape index (κ3) is 3.33. The number of nitrogens with two attached hydrogens (primary N) is 1. The zero-order valence-corrected chi connectivity index (χ0v) is 14.0. The van der Waals surface area contributed by atoms with Gasteiger partial charge in [-0.2, -0.15) is 5.10 Å². The number of aromatic nitrogens is 3. The molecule has 2 aromatic rings. The molecule has 0 bridgehead atoms. The number of amides is 1. The van der Waals surface area contributed by atoms with Gasteiger partial charge in [-0.3, -0.25) is 4.79 Å². The van der Waals surface area contributed by atoms with Crippen molar-refractivity contribution in [3.63, 3.8) is 0 Å². The number of piperazine rings is 1. The zero-order valence-electron chi connectivity index (χ0n) is 14.0. The fourth-order valence-electron chi connectivity index (χ4n) is 3.01. The van der Waals surface area contributed by atoms with Crippen molar-refractivity contribution in [1.82, 2.24) is 19.5 Å². The quantitative estimate of drug-likeness (QED) is 0.898. The van der Waals surface area contributed by atoms with Crippen LogP contribution in [-0.2, 0) is 4.79 Å². The molecule has 2 aromatic heterocycles. The topological polar surface area (TPSA) is 79.8 Å². The molecule has 1 atom stereocenters. The summed E-state index contributed by atoms with van der Waals surface area (Å²) >= 11 is 0. The van der Waals surface area contributed by atoms with E-state index in [1.807, 2.05) is 9.80 Å². The van der Waals surface area contributed by atoms with Crippen molar-refractivity contribution in [2.24, 2.45) is 11.7 Å². The minimum absolute atomic E-state index is 0.00796. The van der Waals surface area contributed by atoms with E-state index in [-0.39, 0.29) is 11.6 Å². The molecule has 2 N–H and O–H groups in total. The largest absolute Gasteiger partial charge is 0.353 e. The highest BCUT2D eigenvalue weighted by Gasteiger charge is 2.26. The van der Waals surface area contributed by atoms with E-state index in [0.717, 1.165) is 6.20 Å². The van der Waals surface area contributed by atoms with Crippen molar-refractivity contribution in [1.29, 1.82) is 0 Å². The van der Waals surface area contributed by atoms with E-state index in [2.05, 4.69) is 23.9 Å². The molecule has 0 saturated carbocycles. The fourth-order valence-corrected chi connectivity index (χ4v) is 3.01. The van der Waals surface area contributed by atoms with E-state index < -0.39 is 11.9 Å². The van der Waals surface area contributed by atoms with E-state index >= 15 is 0 Å².